The summed E-state index contributed by atoms with van der Waals surface area (Å²) in [5.41, 5.74) is 2.35. The van der Waals surface area contributed by atoms with Gasteiger partial charge in [-0.15, -0.1) is 24.0 Å². The molecule has 0 aliphatic heterocycles. The van der Waals surface area contributed by atoms with E-state index in [0.29, 0.717) is 0 Å². The standard InChI is InChI=1S/C21H29N3O3.HI/c1-22-21(23-13-11-16-5-7-18(25-2)8-6-16)24-14-12-17-15-19(26-3)9-10-20(17)27-4;/h5-10,15H,11-14H2,1-4H3,(H2,22,23,24);1H. The fraction of sp³-hybridized carbons (Fsp3) is 0.381. The minimum atomic E-state index is 0. The smallest absolute Gasteiger partial charge is 0.190 e. The Morgan fingerprint density at radius 3 is 2.00 bits per heavy atom. The van der Waals surface area contributed by atoms with Gasteiger partial charge in [-0.1, -0.05) is 12.1 Å². The van der Waals surface area contributed by atoms with Crippen LogP contribution in [0.2, 0.25) is 0 Å². The summed E-state index contributed by atoms with van der Waals surface area (Å²) < 4.78 is 15.9. The maximum atomic E-state index is 5.42. The first-order chi connectivity index (χ1) is 13.2. The predicted octanol–water partition coefficient (Wildman–Crippen LogP) is 3.28. The van der Waals surface area contributed by atoms with E-state index < -0.39 is 0 Å². The molecule has 0 heterocycles. The number of guanidine groups is 1. The Balaban J connectivity index is 0.00000392. The minimum Gasteiger partial charge on any atom is -0.497 e. The maximum Gasteiger partial charge on any atom is 0.190 e. The van der Waals surface area contributed by atoms with Crippen LogP contribution in [0.1, 0.15) is 11.1 Å². The number of hydrogen-bond acceptors (Lipinski definition) is 4. The van der Waals surface area contributed by atoms with Gasteiger partial charge in [0.05, 0.1) is 21.3 Å². The van der Waals surface area contributed by atoms with Crippen LogP contribution in [0.3, 0.4) is 0 Å². The van der Waals surface area contributed by atoms with Gasteiger partial charge in [-0.05, 0) is 54.3 Å². The van der Waals surface area contributed by atoms with Crippen LogP contribution in [-0.2, 0) is 12.8 Å². The second-order valence-corrected chi connectivity index (χ2v) is 5.95. The molecule has 0 amide bonds. The number of halogens is 1. The zero-order valence-corrected chi connectivity index (χ0v) is 19.3. The lowest BCUT2D eigenvalue weighted by Gasteiger charge is -2.14. The summed E-state index contributed by atoms with van der Waals surface area (Å²) in [4.78, 5) is 4.27. The largest absolute Gasteiger partial charge is 0.497 e. The second-order valence-electron chi connectivity index (χ2n) is 5.95. The van der Waals surface area contributed by atoms with Crippen molar-refractivity contribution in [3.05, 3.63) is 53.6 Å². The first-order valence-corrected chi connectivity index (χ1v) is 8.98. The van der Waals surface area contributed by atoms with Crippen molar-refractivity contribution in [1.29, 1.82) is 0 Å². The zero-order chi connectivity index (χ0) is 19.5. The van der Waals surface area contributed by atoms with Gasteiger partial charge >= 0.3 is 0 Å². The average molecular weight is 499 g/mol. The lowest BCUT2D eigenvalue weighted by atomic mass is 10.1. The number of hydrogen-bond donors (Lipinski definition) is 2. The first-order valence-electron chi connectivity index (χ1n) is 8.98. The summed E-state index contributed by atoms with van der Waals surface area (Å²) in [7, 11) is 6.79. The Kier molecular flexibility index (Phi) is 11.2. The quantitative estimate of drug-likeness (QED) is 0.315. The Labute approximate surface area is 184 Å². The third-order valence-electron chi connectivity index (χ3n) is 4.26. The van der Waals surface area contributed by atoms with Crippen molar-refractivity contribution in [1.82, 2.24) is 10.6 Å². The molecule has 0 atom stereocenters. The SMILES string of the molecule is CN=C(NCCc1ccc(OC)cc1)NCCc1cc(OC)ccc1OC.I. The maximum absolute atomic E-state index is 5.42. The van der Waals surface area contributed by atoms with Gasteiger partial charge in [0.15, 0.2) is 5.96 Å². The lowest BCUT2D eigenvalue weighted by Crippen LogP contribution is -2.39. The normalized spacial score (nSPS) is 10.6. The molecule has 0 radical (unpaired) electrons. The van der Waals surface area contributed by atoms with E-state index in [1.54, 1.807) is 28.4 Å². The lowest BCUT2D eigenvalue weighted by molar-refractivity contribution is 0.398. The molecule has 28 heavy (non-hydrogen) atoms. The van der Waals surface area contributed by atoms with Gasteiger partial charge in [0, 0.05) is 20.1 Å². The molecule has 2 rings (SSSR count). The highest BCUT2D eigenvalue weighted by Gasteiger charge is 2.06. The summed E-state index contributed by atoms with van der Waals surface area (Å²) in [6, 6.07) is 13.9. The highest BCUT2D eigenvalue weighted by atomic mass is 127. The fourth-order valence-corrected chi connectivity index (χ4v) is 2.73. The summed E-state index contributed by atoms with van der Waals surface area (Å²) in [5, 5.41) is 6.67. The third kappa shape index (κ3) is 7.46. The molecule has 0 unspecified atom stereocenters. The van der Waals surface area contributed by atoms with Gasteiger partial charge in [-0.25, -0.2) is 0 Å². The van der Waals surface area contributed by atoms with Crippen molar-refractivity contribution >= 4 is 29.9 Å². The van der Waals surface area contributed by atoms with E-state index in [2.05, 4.69) is 27.8 Å². The van der Waals surface area contributed by atoms with E-state index in [9.17, 15) is 0 Å². The summed E-state index contributed by atoms with van der Waals surface area (Å²) >= 11 is 0. The molecular formula is C21H30IN3O3. The van der Waals surface area contributed by atoms with Gasteiger partial charge in [0.2, 0.25) is 0 Å². The van der Waals surface area contributed by atoms with Crippen LogP contribution in [0, 0.1) is 0 Å². The van der Waals surface area contributed by atoms with Gasteiger partial charge in [-0.3, -0.25) is 4.99 Å². The molecule has 2 aromatic carbocycles. The van der Waals surface area contributed by atoms with Crippen LogP contribution >= 0.6 is 24.0 Å². The van der Waals surface area contributed by atoms with E-state index in [0.717, 1.165) is 54.7 Å². The van der Waals surface area contributed by atoms with Crippen LogP contribution < -0.4 is 24.8 Å². The molecule has 0 spiro atoms. The Morgan fingerprint density at radius 1 is 0.821 bits per heavy atom. The van der Waals surface area contributed by atoms with Gasteiger partial charge in [-0.2, -0.15) is 0 Å². The molecule has 7 heteroatoms. The highest BCUT2D eigenvalue weighted by Crippen LogP contribution is 2.24. The monoisotopic (exact) mass is 499 g/mol. The molecule has 6 nitrogen and oxygen atoms in total. The van der Waals surface area contributed by atoms with Gasteiger partial charge in [0.25, 0.3) is 0 Å². The average Bonchev–Trinajstić information content (AvgIpc) is 2.72. The Bertz CT molecular complexity index is 736. The number of nitrogens with one attached hydrogen (secondary N) is 2. The molecule has 0 aliphatic carbocycles. The molecule has 0 aromatic heterocycles. The second kappa shape index (κ2) is 13.1. The van der Waals surface area contributed by atoms with Gasteiger partial charge < -0.3 is 24.8 Å². The molecule has 0 fully saturated rings. The van der Waals surface area contributed by atoms with Crippen molar-refractivity contribution in [2.24, 2.45) is 4.99 Å². The molecule has 2 aromatic rings. The van der Waals surface area contributed by atoms with E-state index in [-0.39, 0.29) is 24.0 Å². The van der Waals surface area contributed by atoms with Crippen LogP contribution in [0.4, 0.5) is 0 Å². The zero-order valence-electron chi connectivity index (χ0n) is 17.0. The van der Waals surface area contributed by atoms with Gasteiger partial charge in [0.1, 0.15) is 17.2 Å². The number of rotatable bonds is 9. The van der Waals surface area contributed by atoms with E-state index >= 15 is 0 Å². The van der Waals surface area contributed by atoms with Crippen molar-refractivity contribution in [3.63, 3.8) is 0 Å². The molecule has 0 aliphatic rings. The van der Waals surface area contributed by atoms with E-state index in [1.807, 2.05) is 30.3 Å². The minimum absolute atomic E-state index is 0. The Hall–Kier alpha value is -2.16. The van der Waals surface area contributed by atoms with Crippen molar-refractivity contribution in [3.8, 4) is 17.2 Å². The van der Waals surface area contributed by atoms with Crippen molar-refractivity contribution in [2.75, 3.05) is 41.5 Å². The number of methoxy groups -OCH3 is 3. The molecule has 0 saturated carbocycles. The molecule has 154 valence electrons. The summed E-state index contributed by atoms with van der Waals surface area (Å²) in [6.45, 7) is 1.54. The first kappa shape index (κ1) is 23.9. The van der Waals surface area contributed by atoms with E-state index in [1.165, 1.54) is 5.56 Å². The van der Waals surface area contributed by atoms with Crippen molar-refractivity contribution < 1.29 is 14.2 Å². The predicted molar refractivity (Wildman–Crippen MR) is 125 cm³/mol. The van der Waals surface area contributed by atoms with Crippen LogP contribution in [0.25, 0.3) is 0 Å². The molecule has 2 N–H and O–H groups in total. The third-order valence-corrected chi connectivity index (χ3v) is 4.26. The van der Waals surface area contributed by atoms with E-state index in [4.69, 9.17) is 14.2 Å². The summed E-state index contributed by atoms with van der Waals surface area (Å²) in [6.07, 6.45) is 1.72. The number of benzene rings is 2. The molecule has 0 bridgehead atoms. The van der Waals surface area contributed by atoms with Crippen LogP contribution in [-0.4, -0.2) is 47.4 Å². The fourth-order valence-electron chi connectivity index (χ4n) is 2.73. The Morgan fingerprint density at radius 2 is 1.43 bits per heavy atom. The number of aliphatic imine (C=N–C) groups is 1. The van der Waals surface area contributed by atoms with Crippen LogP contribution in [0.15, 0.2) is 47.5 Å². The molecule has 0 saturated heterocycles. The summed E-state index contributed by atoms with van der Waals surface area (Å²) in [5.74, 6) is 3.34. The number of ether oxygens (including phenoxy) is 3. The topological polar surface area (TPSA) is 64.1 Å². The molecular weight excluding hydrogens is 469 g/mol. The number of nitrogens with zero attached hydrogens (tertiary/aromatic N) is 1. The van der Waals surface area contributed by atoms with Crippen molar-refractivity contribution in [2.45, 2.75) is 12.8 Å². The van der Waals surface area contributed by atoms with Crippen LogP contribution in [0.5, 0.6) is 17.2 Å². The highest BCUT2D eigenvalue weighted by molar-refractivity contribution is 14.0.